The summed E-state index contributed by atoms with van der Waals surface area (Å²) in [5.41, 5.74) is 2.39. The number of aliphatic imine (C=N–C) groups is 1. The van der Waals surface area contributed by atoms with Crippen molar-refractivity contribution < 1.29 is 15.1 Å². The van der Waals surface area contributed by atoms with Gasteiger partial charge in [-0.15, -0.1) is 0 Å². The van der Waals surface area contributed by atoms with E-state index in [1.807, 2.05) is 6.21 Å². The first kappa shape index (κ1) is 26.5. The maximum Gasteiger partial charge on any atom is 0.163 e. The van der Waals surface area contributed by atoms with Crippen LogP contribution in [-0.2, 0) is 4.84 Å². The second kappa shape index (κ2) is 23.5. The van der Waals surface area contributed by atoms with E-state index in [-0.39, 0.29) is 0 Å². The van der Waals surface area contributed by atoms with Crippen molar-refractivity contribution in [1.82, 2.24) is 5.48 Å². The largest absolute Gasteiger partial charge is 0.377 e. The van der Waals surface area contributed by atoms with Crippen molar-refractivity contribution in [3.05, 3.63) is 0 Å². The Labute approximate surface area is 168 Å². The molecule has 27 heavy (non-hydrogen) atoms. The highest BCUT2D eigenvalue weighted by molar-refractivity contribution is 5.56. The smallest absolute Gasteiger partial charge is 0.163 e. The maximum atomic E-state index is 9.47. The third kappa shape index (κ3) is 23.5. The third-order valence-corrected chi connectivity index (χ3v) is 4.86. The molecule has 0 aliphatic carbocycles. The first-order valence-corrected chi connectivity index (χ1v) is 11.5. The van der Waals surface area contributed by atoms with Crippen molar-refractivity contribution in [1.29, 1.82) is 0 Å². The number of rotatable bonds is 22. The van der Waals surface area contributed by atoms with Gasteiger partial charge >= 0.3 is 0 Å². The van der Waals surface area contributed by atoms with Crippen molar-refractivity contribution in [2.24, 2.45) is 4.99 Å². The molecule has 0 saturated heterocycles. The van der Waals surface area contributed by atoms with Crippen LogP contribution in [0.15, 0.2) is 4.99 Å². The average Bonchev–Trinajstić information content (AvgIpc) is 2.68. The van der Waals surface area contributed by atoms with Crippen molar-refractivity contribution in [3.8, 4) is 0 Å². The van der Waals surface area contributed by atoms with E-state index in [1.54, 1.807) is 0 Å². The van der Waals surface area contributed by atoms with Crippen LogP contribution in [0.1, 0.15) is 116 Å². The third-order valence-electron chi connectivity index (χ3n) is 4.86. The van der Waals surface area contributed by atoms with E-state index in [1.165, 1.54) is 83.5 Å². The summed E-state index contributed by atoms with van der Waals surface area (Å²) in [5.74, 6) is 0. The van der Waals surface area contributed by atoms with E-state index in [9.17, 15) is 5.11 Å². The van der Waals surface area contributed by atoms with Crippen LogP contribution in [0.2, 0.25) is 0 Å². The zero-order chi connectivity index (χ0) is 19.8. The van der Waals surface area contributed by atoms with Crippen LogP contribution in [0.3, 0.4) is 0 Å². The number of nitrogens with one attached hydrogen (secondary N) is 1. The zero-order valence-corrected chi connectivity index (χ0v) is 17.8. The van der Waals surface area contributed by atoms with Crippen molar-refractivity contribution >= 4 is 6.21 Å². The van der Waals surface area contributed by atoms with Crippen LogP contribution in [0, 0.1) is 0 Å². The molecule has 5 nitrogen and oxygen atoms in total. The predicted octanol–water partition coefficient (Wildman–Crippen LogP) is 5.50. The van der Waals surface area contributed by atoms with Crippen LogP contribution < -0.4 is 5.48 Å². The average molecular weight is 387 g/mol. The molecule has 162 valence electrons. The van der Waals surface area contributed by atoms with Gasteiger partial charge in [0.05, 0.1) is 0 Å². The van der Waals surface area contributed by atoms with E-state index in [0.717, 1.165) is 25.8 Å². The number of aliphatic hydroxyl groups excluding tert-OH is 2. The van der Waals surface area contributed by atoms with Crippen molar-refractivity contribution in [2.75, 3.05) is 13.3 Å². The number of unbranched alkanes of at least 4 members (excludes halogenated alkanes) is 14. The molecule has 0 aromatic heterocycles. The molecule has 0 bridgehead atoms. The van der Waals surface area contributed by atoms with Crippen molar-refractivity contribution in [2.45, 2.75) is 122 Å². The fraction of sp³-hybridized carbons (Fsp3) is 0.955. The summed E-state index contributed by atoms with van der Waals surface area (Å²) in [6.07, 6.45) is 22.9. The standard InChI is InChI=1S/C22H46N2O3/c1-2-19-23-20-17-15-13-11-9-7-5-3-4-6-8-10-12-14-16-18-22(26)24-27-21-25/h19,22,24-26H,2-18,20-21H2,1H3. The minimum Gasteiger partial charge on any atom is -0.377 e. The fourth-order valence-electron chi connectivity index (χ4n) is 3.25. The summed E-state index contributed by atoms with van der Waals surface area (Å²) in [4.78, 5) is 8.90. The molecule has 0 saturated carbocycles. The van der Waals surface area contributed by atoms with E-state index >= 15 is 0 Å². The summed E-state index contributed by atoms with van der Waals surface area (Å²) in [6.45, 7) is 2.74. The minimum absolute atomic E-state index is 0.411. The van der Waals surface area contributed by atoms with Gasteiger partial charge in [-0.25, -0.2) is 0 Å². The van der Waals surface area contributed by atoms with Crippen LogP contribution >= 0.6 is 0 Å². The Kier molecular flexibility index (Phi) is 23.1. The molecule has 0 spiro atoms. The highest BCUT2D eigenvalue weighted by Crippen LogP contribution is 2.14. The lowest BCUT2D eigenvalue weighted by molar-refractivity contribution is -0.118. The Morgan fingerprint density at radius 1 is 0.778 bits per heavy atom. The lowest BCUT2D eigenvalue weighted by Crippen LogP contribution is -2.29. The fourth-order valence-corrected chi connectivity index (χ4v) is 3.25. The molecule has 3 N–H and O–H groups in total. The Balaban J connectivity index is 3.06. The van der Waals surface area contributed by atoms with Gasteiger partial charge in [0, 0.05) is 6.54 Å². The number of hydroxylamine groups is 1. The number of hydrogen-bond acceptors (Lipinski definition) is 5. The van der Waals surface area contributed by atoms with Crippen molar-refractivity contribution in [3.63, 3.8) is 0 Å². The summed E-state index contributed by atoms with van der Waals surface area (Å²) in [6, 6.07) is 0. The SMILES string of the molecule is CCC=NCCCCCCCCCCCCCCCCCC(O)NOCO. The zero-order valence-electron chi connectivity index (χ0n) is 17.8. The molecule has 0 radical (unpaired) electrons. The minimum atomic E-state index is -0.669. The molecule has 0 amide bonds. The van der Waals surface area contributed by atoms with Gasteiger partial charge in [-0.2, -0.15) is 5.48 Å². The number of nitrogens with zero attached hydrogens (tertiary/aromatic N) is 1. The summed E-state index contributed by atoms with van der Waals surface area (Å²) < 4.78 is 0. The molecule has 0 heterocycles. The quantitative estimate of drug-likeness (QED) is 0.0994. The first-order chi connectivity index (χ1) is 13.3. The molecule has 0 aromatic carbocycles. The molecule has 1 atom stereocenters. The highest BCUT2D eigenvalue weighted by Gasteiger charge is 2.02. The van der Waals surface area contributed by atoms with Gasteiger partial charge < -0.3 is 10.2 Å². The van der Waals surface area contributed by atoms with Gasteiger partial charge in [0.25, 0.3) is 0 Å². The van der Waals surface area contributed by atoms with Gasteiger partial charge in [-0.3, -0.25) is 9.83 Å². The van der Waals surface area contributed by atoms with Crippen LogP contribution in [0.25, 0.3) is 0 Å². The van der Waals surface area contributed by atoms with E-state index in [2.05, 4.69) is 22.2 Å². The summed E-state index contributed by atoms with van der Waals surface area (Å²) >= 11 is 0. The molecule has 0 aliphatic rings. The Bertz CT molecular complexity index is 301. The Morgan fingerprint density at radius 2 is 1.22 bits per heavy atom. The van der Waals surface area contributed by atoms with Crippen LogP contribution in [-0.4, -0.2) is 36.0 Å². The van der Waals surface area contributed by atoms with Gasteiger partial charge in [-0.05, 0) is 31.9 Å². The van der Waals surface area contributed by atoms with Crippen LogP contribution in [0.5, 0.6) is 0 Å². The number of aliphatic hydroxyl groups is 2. The Hall–Kier alpha value is -0.490. The monoisotopic (exact) mass is 386 g/mol. The first-order valence-electron chi connectivity index (χ1n) is 11.5. The molecule has 0 aromatic rings. The lowest BCUT2D eigenvalue weighted by Gasteiger charge is -2.10. The van der Waals surface area contributed by atoms with Crippen LogP contribution in [0.4, 0.5) is 0 Å². The Morgan fingerprint density at radius 3 is 1.67 bits per heavy atom. The summed E-state index contributed by atoms with van der Waals surface area (Å²) in [5, 5.41) is 17.9. The van der Waals surface area contributed by atoms with Gasteiger partial charge in [0.2, 0.25) is 0 Å². The van der Waals surface area contributed by atoms with E-state index < -0.39 is 13.0 Å². The maximum absolute atomic E-state index is 9.47. The predicted molar refractivity (Wildman–Crippen MR) is 115 cm³/mol. The van der Waals surface area contributed by atoms with E-state index in [4.69, 9.17) is 5.11 Å². The van der Waals surface area contributed by atoms with Gasteiger partial charge in [0.1, 0.15) is 6.23 Å². The lowest BCUT2D eigenvalue weighted by atomic mass is 10.0. The normalized spacial score (nSPS) is 12.9. The molecule has 0 rings (SSSR count). The van der Waals surface area contributed by atoms with Gasteiger partial charge in [-0.1, -0.05) is 90.4 Å². The van der Waals surface area contributed by atoms with Gasteiger partial charge in [0.15, 0.2) is 6.79 Å². The molecule has 5 heteroatoms. The van der Waals surface area contributed by atoms with E-state index in [0.29, 0.717) is 6.42 Å². The second-order valence-corrected chi connectivity index (χ2v) is 7.50. The highest BCUT2D eigenvalue weighted by atomic mass is 16.7. The molecule has 0 fully saturated rings. The molecular weight excluding hydrogens is 340 g/mol. The molecule has 0 aliphatic heterocycles. The second-order valence-electron chi connectivity index (χ2n) is 7.50. The summed E-state index contributed by atoms with van der Waals surface area (Å²) in [7, 11) is 0. The topological polar surface area (TPSA) is 74.1 Å². The molecular formula is C22H46N2O3. The molecule has 1 unspecified atom stereocenters. The number of hydrogen-bond donors (Lipinski definition) is 3.